The number of esters is 1. The van der Waals surface area contributed by atoms with Gasteiger partial charge in [0, 0.05) is 17.0 Å². The molecule has 0 aliphatic rings. The second kappa shape index (κ2) is 5.36. The molecule has 94 valence electrons. The SMILES string of the molecule is COC(=O)C#Cc1ccc(C=O)cc1C(F)(F)F. The highest BCUT2D eigenvalue weighted by Crippen LogP contribution is 2.32. The largest absolute Gasteiger partial charge is 0.459 e. The van der Waals surface area contributed by atoms with E-state index < -0.39 is 23.3 Å². The molecule has 0 bridgehead atoms. The Labute approximate surface area is 101 Å². The Morgan fingerprint density at radius 3 is 2.56 bits per heavy atom. The number of carbonyl (C=O) groups excluding carboxylic acids is 2. The number of ether oxygens (including phenoxy) is 1. The number of methoxy groups -OCH3 is 1. The predicted molar refractivity (Wildman–Crippen MR) is 55.7 cm³/mol. The van der Waals surface area contributed by atoms with Gasteiger partial charge in [0.05, 0.1) is 12.7 Å². The van der Waals surface area contributed by atoms with Gasteiger partial charge in [-0.3, -0.25) is 4.79 Å². The summed E-state index contributed by atoms with van der Waals surface area (Å²) in [5.41, 5.74) is -1.58. The van der Waals surface area contributed by atoms with Crippen molar-refractivity contribution in [2.24, 2.45) is 0 Å². The van der Waals surface area contributed by atoms with E-state index >= 15 is 0 Å². The summed E-state index contributed by atoms with van der Waals surface area (Å²) in [6, 6.07) is 2.89. The molecule has 6 heteroatoms. The molecule has 0 atom stereocenters. The van der Waals surface area contributed by atoms with Crippen molar-refractivity contribution >= 4 is 12.3 Å². The molecule has 0 saturated carbocycles. The monoisotopic (exact) mass is 256 g/mol. The summed E-state index contributed by atoms with van der Waals surface area (Å²) < 4.78 is 42.2. The Morgan fingerprint density at radius 2 is 2.06 bits per heavy atom. The first-order chi connectivity index (χ1) is 8.38. The van der Waals surface area contributed by atoms with Gasteiger partial charge in [-0.05, 0) is 12.1 Å². The van der Waals surface area contributed by atoms with Crippen LogP contribution in [0.5, 0.6) is 0 Å². The Balaban J connectivity index is 3.30. The summed E-state index contributed by atoms with van der Waals surface area (Å²) in [6.07, 6.45) is -4.36. The summed E-state index contributed by atoms with van der Waals surface area (Å²) in [4.78, 5) is 21.2. The Hall–Kier alpha value is -2.29. The van der Waals surface area contributed by atoms with Crippen molar-refractivity contribution in [3.8, 4) is 11.8 Å². The molecule has 0 aliphatic carbocycles. The third-order valence-electron chi connectivity index (χ3n) is 1.97. The van der Waals surface area contributed by atoms with Crippen LogP contribution in [0.2, 0.25) is 0 Å². The van der Waals surface area contributed by atoms with E-state index in [1.54, 1.807) is 0 Å². The van der Waals surface area contributed by atoms with Crippen LogP contribution in [0.25, 0.3) is 0 Å². The zero-order valence-corrected chi connectivity index (χ0v) is 9.17. The quantitative estimate of drug-likeness (QED) is 0.438. The average molecular weight is 256 g/mol. The van der Waals surface area contributed by atoms with Crippen LogP contribution in [0.4, 0.5) is 13.2 Å². The maximum Gasteiger partial charge on any atom is 0.417 e. The highest BCUT2D eigenvalue weighted by Gasteiger charge is 2.33. The maximum atomic E-state index is 12.7. The molecular weight excluding hydrogens is 249 g/mol. The van der Waals surface area contributed by atoms with Crippen molar-refractivity contribution < 1.29 is 27.5 Å². The lowest BCUT2D eigenvalue weighted by atomic mass is 10.0. The van der Waals surface area contributed by atoms with Gasteiger partial charge < -0.3 is 4.74 Å². The van der Waals surface area contributed by atoms with E-state index in [-0.39, 0.29) is 5.56 Å². The van der Waals surface area contributed by atoms with Crippen LogP contribution in [0, 0.1) is 11.8 Å². The number of aldehydes is 1. The van der Waals surface area contributed by atoms with E-state index in [1.807, 2.05) is 5.92 Å². The molecule has 0 amide bonds. The summed E-state index contributed by atoms with van der Waals surface area (Å²) in [7, 11) is 1.07. The zero-order valence-electron chi connectivity index (χ0n) is 9.17. The lowest BCUT2D eigenvalue weighted by Gasteiger charge is -2.09. The number of halogens is 3. The van der Waals surface area contributed by atoms with Gasteiger partial charge in [-0.1, -0.05) is 12.0 Å². The number of benzene rings is 1. The van der Waals surface area contributed by atoms with E-state index in [4.69, 9.17) is 0 Å². The molecule has 3 nitrogen and oxygen atoms in total. The number of alkyl halides is 3. The van der Waals surface area contributed by atoms with Gasteiger partial charge in [-0.15, -0.1) is 0 Å². The zero-order chi connectivity index (χ0) is 13.8. The highest BCUT2D eigenvalue weighted by atomic mass is 19.4. The third-order valence-corrected chi connectivity index (χ3v) is 1.97. The van der Waals surface area contributed by atoms with Crippen LogP contribution in [0.3, 0.4) is 0 Å². The molecule has 0 radical (unpaired) electrons. The van der Waals surface area contributed by atoms with Crippen molar-refractivity contribution in [1.82, 2.24) is 0 Å². The Morgan fingerprint density at radius 1 is 1.39 bits per heavy atom. The van der Waals surface area contributed by atoms with E-state index in [2.05, 4.69) is 10.7 Å². The molecule has 1 rings (SSSR count). The van der Waals surface area contributed by atoms with Crippen LogP contribution < -0.4 is 0 Å². The summed E-state index contributed by atoms with van der Waals surface area (Å²) in [5, 5.41) is 0. The Kier molecular flexibility index (Phi) is 4.10. The fourth-order valence-electron chi connectivity index (χ4n) is 1.15. The van der Waals surface area contributed by atoms with E-state index in [0.717, 1.165) is 13.2 Å². The topological polar surface area (TPSA) is 43.4 Å². The summed E-state index contributed by atoms with van der Waals surface area (Å²) in [6.45, 7) is 0. The first-order valence-corrected chi connectivity index (χ1v) is 4.65. The lowest BCUT2D eigenvalue weighted by molar-refractivity contribution is -0.138. The molecule has 0 heterocycles. The molecule has 0 unspecified atom stereocenters. The third kappa shape index (κ3) is 3.35. The van der Waals surface area contributed by atoms with Gasteiger partial charge in [-0.2, -0.15) is 13.2 Å². The predicted octanol–water partition coefficient (Wildman–Crippen LogP) is 2.04. The molecule has 0 aromatic heterocycles. The molecule has 0 aliphatic heterocycles. The van der Waals surface area contributed by atoms with E-state index in [0.29, 0.717) is 12.4 Å². The standard InChI is InChI=1S/C12H7F3O3/c1-18-11(17)5-4-9-3-2-8(7-16)6-10(9)12(13,14)15/h2-3,6-7H,1H3. The number of hydrogen-bond acceptors (Lipinski definition) is 3. The Bertz CT molecular complexity index is 536. The number of rotatable bonds is 1. The molecule has 0 spiro atoms. The smallest absolute Gasteiger partial charge is 0.417 e. The maximum absolute atomic E-state index is 12.7. The molecule has 1 aromatic carbocycles. The molecule has 0 fully saturated rings. The molecule has 18 heavy (non-hydrogen) atoms. The van der Waals surface area contributed by atoms with Crippen molar-refractivity contribution in [3.05, 3.63) is 34.9 Å². The molecule has 1 aromatic rings. The van der Waals surface area contributed by atoms with Gasteiger partial charge >= 0.3 is 12.1 Å². The van der Waals surface area contributed by atoms with E-state index in [1.165, 1.54) is 6.07 Å². The summed E-state index contributed by atoms with van der Waals surface area (Å²) in [5.74, 6) is 3.02. The first kappa shape index (κ1) is 13.8. The van der Waals surface area contributed by atoms with Crippen LogP contribution in [-0.2, 0) is 15.7 Å². The van der Waals surface area contributed by atoms with Crippen LogP contribution >= 0.6 is 0 Å². The second-order valence-electron chi connectivity index (χ2n) is 3.16. The first-order valence-electron chi connectivity index (χ1n) is 4.65. The lowest BCUT2D eigenvalue weighted by Crippen LogP contribution is -2.08. The molecule has 0 saturated heterocycles. The highest BCUT2D eigenvalue weighted by molar-refractivity contribution is 5.89. The van der Waals surface area contributed by atoms with Gasteiger partial charge in [0.1, 0.15) is 6.29 Å². The van der Waals surface area contributed by atoms with Crippen LogP contribution in [0.15, 0.2) is 18.2 Å². The number of carbonyl (C=O) groups is 2. The van der Waals surface area contributed by atoms with Gasteiger partial charge in [0.15, 0.2) is 0 Å². The van der Waals surface area contributed by atoms with Gasteiger partial charge in [0.2, 0.25) is 0 Å². The molecule has 0 N–H and O–H groups in total. The van der Waals surface area contributed by atoms with Crippen LogP contribution in [0.1, 0.15) is 21.5 Å². The minimum absolute atomic E-state index is 0.119. The second-order valence-corrected chi connectivity index (χ2v) is 3.16. The van der Waals surface area contributed by atoms with Crippen LogP contribution in [-0.4, -0.2) is 19.4 Å². The summed E-state index contributed by atoms with van der Waals surface area (Å²) >= 11 is 0. The molecular formula is C12H7F3O3. The number of hydrogen-bond donors (Lipinski definition) is 0. The average Bonchev–Trinajstić information content (AvgIpc) is 2.34. The van der Waals surface area contributed by atoms with Gasteiger partial charge in [-0.25, -0.2) is 4.79 Å². The minimum atomic E-state index is -4.65. The fourth-order valence-corrected chi connectivity index (χ4v) is 1.15. The normalized spacial score (nSPS) is 10.2. The van der Waals surface area contributed by atoms with Crippen molar-refractivity contribution in [3.63, 3.8) is 0 Å². The fraction of sp³-hybridized carbons (Fsp3) is 0.167. The van der Waals surface area contributed by atoms with Crippen molar-refractivity contribution in [2.75, 3.05) is 7.11 Å². The van der Waals surface area contributed by atoms with E-state index in [9.17, 15) is 22.8 Å². The van der Waals surface area contributed by atoms with Crippen molar-refractivity contribution in [1.29, 1.82) is 0 Å². The van der Waals surface area contributed by atoms with Gasteiger partial charge in [0.25, 0.3) is 0 Å². The van der Waals surface area contributed by atoms with Crippen molar-refractivity contribution in [2.45, 2.75) is 6.18 Å². The minimum Gasteiger partial charge on any atom is -0.459 e.